The van der Waals surface area contributed by atoms with Gasteiger partial charge in [-0.2, -0.15) is 0 Å². The van der Waals surface area contributed by atoms with Crippen molar-refractivity contribution in [3.8, 4) is 11.4 Å². The molecule has 154 valence electrons. The van der Waals surface area contributed by atoms with E-state index in [1.54, 1.807) is 0 Å². The zero-order valence-electron chi connectivity index (χ0n) is 16.6. The van der Waals surface area contributed by atoms with E-state index in [1.165, 1.54) is 6.42 Å². The number of carbonyl (C=O) groups excluding carboxylic acids is 1. The topological polar surface area (TPSA) is 70.2 Å². The Kier molecular flexibility index (Phi) is 6.74. The Labute approximate surface area is 177 Å². The van der Waals surface area contributed by atoms with Gasteiger partial charge in [0.05, 0.1) is 6.04 Å². The fourth-order valence-electron chi connectivity index (χ4n) is 4.18. The zero-order chi connectivity index (χ0) is 20.1. The summed E-state index contributed by atoms with van der Waals surface area (Å²) in [4.78, 5) is 23.7. The van der Waals surface area contributed by atoms with Gasteiger partial charge in [0, 0.05) is 48.2 Å². The van der Waals surface area contributed by atoms with Crippen LogP contribution in [0.4, 0.5) is 0 Å². The van der Waals surface area contributed by atoms with Gasteiger partial charge >= 0.3 is 0 Å². The lowest BCUT2D eigenvalue weighted by atomic mass is 9.97. The first-order valence-corrected chi connectivity index (χ1v) is 10.9. The molecule has 1 amide bonds. The predicted molar refractivity (Wildman–Crippen MR) is 115 cm³/mol. The number of amides is 1. The van der Waals surface area contributed by atoms with E-state index in [-0.39, 0.29) is 11.9 Å². The molecule has 1 aromatic carbocycles. The number of halogens is 1. The molecular formula is C22H28ClN5O. The van der Waals surface area contributed by atoms with E-state index >= 15 is 0 Å². The minimum atomic E-state index is 0.00555. The van der Waals surface area contributed by atoms with Crippen molar-refractivity contribution in [2.24, 2.45) is 5.92 Å². The van der Waals surface area contributed by atoms with Crippen molar-refractivity contribution in [2.45, 2.75) is 38.3 Å². The molecular weight excluding hydrogens is 386 g/mol. The molecule has 2 aliphatic heterocycles. The van der Waals surface area contributed by atoms with Crippen LogP contribution in [0.25, 0.3) is 11.4 Å². The van der Waals surface area contributed by atoms with Crippen molar-refractivity contribution in [1.82, 2.24) is 25.5 Å². The second-order valence-corrected chi connectivity index (χ2v) is 8.50. The highest BCUT2D eigenvalue weighted by atomic mass is 35.5. The monoisotopic (exact) mass is 413 g/mol. The highest BCUT2D eigenvalue weighted by Crippen LogP contribution is 2.20. The number of nitrogens with zero attached hydrogens (tertiary/aromatic N) is 3. The van der Waals surface area contributed by atoms with Crippen LogP contribution in [0.2, 0.25) is 5.02 Å². The standard InChI is InChI=1S/C22H28ClN5O/c23-19-7-5-18(6-8-19)21-25-12-17(13-26-21)15-28-10-2-3-16(14-28)11-27-22(29)20-4-1-9-24-20/h5-8,12-13,16,20,24H,1-4,9-11,14-15H2,(H,27,29)/t16-,20+/m1/s1. The van der Waals surface area contributed by atoms with Crippen LogP contribution in [0.3, 0.4) is 0 Å². The van der Waals surface area contributed by atoms with Gasteiger partial charge in [-0.1, -0.05) is 11.6 Å². The summed E-state index contributed by atoms with van der Waals surface area (Å²) in [5, 5.41) is 7.12. The molecule has 0 unspecified atom stereocenters. The molecule has 3 heterocycles. The van der Waals surface area contributed by atoms with Gasteiger partial charge < -0.3 is 10.6 Å². The Balaban J connectivity index is 1.27. The van der Waals surface area contributed by atoms with Crippen LogP contribution in [-0.2, 0) is 11.3 Å². The van der Waals surface area contributed by atoms with Gasteiger partial charge in [-0.25, -0.2) is 9.97 Å². The van der Waals surface area contributed by atoms with Crippen molar-refractivity contribution in [3.05, 3.63) is 47.2 Å². The van der Waals surface area contributed by atoms with Crippen LogP contribution in [-0.4, -0.2) is 53.0 Å². The van der Waals surface area contributed by atoms with Crippen LogP contribution in [0.1, 0.15) is 31.2 Å². The Hall–Kier alpha value is -2.02. The van der Waals surface area contributed by atoms with Crippen molar-refractivity contribution in [3.63, 3.8) is 0 Å². The van der Waals surface area contributed by atoms with Crippen LogP contribution >= 0.6 is 11.6 Å². The summed E-state index contributed by atoms with van der Waals surface area (Å²) in [6.45, 7) is 4.63. The third kappa shape index (κ3) is 5.53. The Morgan fingerprint density at radius 1 is 1.17 bits per heavy atom. The smallest absolute Gasteiger partial charge is 0.237 e. The average Bonchev–Trinajstić information content (AvgIpc) is 3.29. The number of rotatable bonds is 6. The Morgan fingerprint density at radius 2 is 1.97 bits per heavy atom. The first-order chi connectivity index (χ1) is 14.2. The van der Waals surface area contributed by atoms with Gasteiger partial charge in [0.15, 0.2) is 5.82 Å². The maximum atomic E-state index is 12.2. The first-order valence-electron chi connectivity index (χ1n) is 10.5. The van der Waals surface area contributed by atoms with E-state index < -0.39 is 0 Å². The van der Waals surface area contributed by atoms with E-state index in [0.29, 0.717) is 16.8 Å². The molecule has 4 rings (SSSR count). The fourth-order valence-corrected chi connectivity index (χ4v) is 4.31. The van der Waals surface area contributed by atoms with E-state index in [9.17, 15) is 4.79 Å². The van der Waals surface area contributed by atoms with Crippen molar-refractivity contribution in [1.29, 1.82) is 0 Å². The molecule has 0 spiro atoms. The van der Waals surface area contributed by atoms with Gasteiger partial charge in [-0.05, 0) is 69.0 Å². The molecule has 2 atom stereocenters. The van der Waals surface area contributed by atoms with Gasteiger partial charge in [-0.15, -0.1) is 0 Å². The van der Waals surface area contributed by atoms with Crippen molar-refractivity contribution >= 4 is 17.5 Å². The molecule has 6 nitrogen and oxygen atoms in total. The fraction of sp³-hybridized carbons (Fsp3) is 0.500. The number of carbonyl (C=O) groups is 1. The molecule has 0 aliphatic carbocycles. The summed E-state index contributed by atoms with van der Waals surface area (Å²) in [7, 11) is 0. The zero-order valence-corrected chi connectivity index (χ0v) is 17.4. The van der Waals surface area contributed by atoms with Gasteiger partial charge in [0.25, 0.3) is 0 Å². The molecule has 0 saturated carbocycles. The number of piperidine rings is 1. The first kappa shape index (κ1) is 20.3. The lowest BCUT2D eigenvalue weighted by Crippen LogP contribution is -2.45. The molecule has 2 N–H and O–H groups in total. The second kappa shape index (κ2) is 9.65. The Bertz CT molecular complexity index is 805. The highest BCUT2D eigenvalue weighted by Gasteiger charge is 2.24. The van der Waals surface area contributed by atoms with Crippen LogP contribution in [0.5, 0.6) is 0 Å². The van der Waals surface area contributed by atoms with Gasteiger partial charge in [-0.3, -0.25) is 9.69 Å². The summed E-state index contributed by atoms with van der Waals surface area (Å²) in [5.41, 5.74) is 2.08. The number of aromatic nitrogens is 2. The largest absolute Gasteiger partial charge is 0.354 e. The maximum absolute atomic E-state index is 12.2. The summed E-state index contributed by atoms with van der Waals surface area (Å²) >= 11 is 5.94. The third-order valence-electron chi connectivity index (χ3n) is 5.76. The van der Waals surface area contributed by atoms with E-state index in [0.717, 1.165) is 63.1 Å². The molecule has 29 heavy (non-hydrogen) atoms. The SMILES string of the molecule is O=C(NC[C@H]1CCCN(Cc2cnc(-c3ccc(Cl)cc3)nc2)C1)[C@@H]1CCCN1. The van der Waals surface area contributed by atoms with Crippen LogP contribution in [0.15, 0.2) is 36.7 Å². The predicted octanol–water partition coefficient (Wildman–Crippen LogP) is 2.88. The summed E-state index contributed by atoms with van der Waals surface area (Å²) in [6.07, 6.45) is 8.19. The number of benzene rings is 1. The number of hydrogen-bond acceptors (Lipinski definition) is 5. The summed E-state index contributed by atoms with van der Waals surface area (Å²) in [6, 6.07) is 7.57. The highest BCUT2D eigenvalue weighted by molar-refractivity contribution is 6.30. The van der Waals surface area contributed by atoms with Crippen molar-refractivity contribution < 1.29 is 4.79 Å². The molecule has 0 bridgehead atoms. The summed E-state index contributed by atoms with van der Waals surface area (Å²) < 4.78 is 0. The third-order valence-corrected chi connectivity index (χ3v) is 6.01. The van der Waals surface area contributed by atoms with Crippen molar-refractivity contribution in [2.75, 3.05) is 26.2 Å². The van der Waals surface area contributed by atoms with E-state index in [2.05, 4.69) is 25.5 Å². The summed E-state index contributed by atoms with van der Waals surface area (Å²) in [5.74, 6) is 1.37. The average molecular weight is 414 g/mol. The Morgan fingerprint density at radius 3 is 2.69 bits per heavy atom. The quantitative estimate of drug-likeness (QED) is 0.762. The van der Waals surface area contributed by atoms with E-state index in [4.69, 9.17) is 11.6 Å². The minimum absolute atomic E-state index is 0.00555. The molecule has 2 fully saturated rings. The molecule has 2 aliphatic rings. The van der Waals surface area contributed by atoms with Gasteiger partial charge in [0.2, 0.25) is 5.91 Å². The molecule has 7 heteroatoms. The molecule has 0 radical (unpaired) electrons. The van der Waals surface area contributed by atoms with Crippen LogP contribution in [0, 0.1) is 5.92 Å². The number of hydrogen-bond donors (Lipinski definition) is 2. The normalized spacial score (nSPS) is 22.5. The lowest BCUT2D eigenvalue weighted by Gasteiger charge is -2.32. The van der Waals surface area contributed by atoms with Crippen LogP contribution < -0.4 is 10.6 Å². The van der Waals surface area contributed by atoms with Gasteiger partial charge in [0.1, 0.15) is 0 Å². The maximum Gasteiger partial charge on any atom is 0.237 e. The molecule has 2 aromatic rings. The van der Waals surface area contributed by atoms with E-state index in [1.807, 2.05) is 36.7 Å². The second-order valence-electron chi connectivity index (χ2n) is 8.06. The number of likely N-dealkylation sites (tertiary alicyclic amines) is 1. The molecule has 1 aromatic heterocycles. The number of nitrogens with one attached hydrogen (secondary N) is 2. The lowest BCUT2D eigenvalue weighted by molar-refractivity contribution is -0.123. The minimum Gasteiger partial charge on any atom is -0.354 e. The molecule has 2 saturated heterocycles.